The van der Waals surface area contributed by atoms with E-state index in [1.54, 1.807) is 0 Å². The summed E-state index contributed by atoms with van der Waals surface area (Å²) in [4.78, 5) is 4.19. The van der Waals surface area contributed by atoms with E-state index < -0.39 is 0 Å². The maximum absolute atomic E-state index is 9.86. The molecule has 1 aliphatic heterocycles. The molecule has 5 heteroatoms. The third kappa shape index (κ3) is 0.618. The number of hydrogen-bond acceptors (Lipinski definition) is 4. The second kappa shape index (κ2) is 1.46. The molecule has 4 nitrogen and oxygen atoms in total. The van der Waals surface area contributed by atoms with Gasteiger partial charge in [-0.1, -0.05) is 4.63 Å². The Balaban J connectivity index is 2.32. The monoisotopic (exact) mass is 106 g/mol. The highest BCUT2D eigenvalue weighted by molar-refractivity contribution is 7.91. The van der Waals surface area contributed by atoms with Crippen LogP contribution in [0.5, 0.6) is 0 Å². The predicted molar refractivity (Wildman–Crippen MR) is 21.5 cm³/mol. The molecule has 0 spiro atoms. The van der Waals surface area contributed by atoms with Crippen LogP contribution in [-0.4, -0.2) is 6.40 Å². The fourth-order valence-electron chi connectivity index (χ4n) is 0.151. The van der Waals surface area contributed by atoms with Crippen molar-refractivity contribution in [1.82, 2.24) is 0 Å². The minimum atomic E-state index is -0.352. The molecule has 0 aromatic heterocycles. The van der Waals surface area contributed by atoms with Crippen LogP contribution < -0.4 is 4.63 Å². The van der Waals surface area contributed by atoms with Gasteiger partial charge in [0.15, 0.2) is 0 Å². The standard InChI is InChI=1S/CH2N2O2S/c4-3-5-1-2-6-3/h1,3H. The van der Waals surface area contributed by atoms with Crippen LogP contribution >= 0.6 is 12.1 Å². The van der Waals surface area contributed by atoms with Crippen LogP contribution in [0.2, 0.25) is 0 Å². The molecule has 0 bridgehead atoms. The smallest absolute Gasteiger partial charge is 0.272 e. The zero-order valence-corrected chi connectivity index (χ0v) is 3.57. The second-order valence-corrected chi connectivity index (χ2v) is 1.40. The molecular weight excluding hydrogens is 104 g/mol. The predicted octanol–water partition coefficient (Wildman–Crippen LogP) is -1.09. The third-order valence-corrected chi connectivity index (χ3v) is 0.756. The molecule has 0 fully saturated rings. The Labute approximate surface area is 38.6 Å². The van der Waals surface area contributed by atoms with E-state index in [1.807, 2.05) is 0 Å². The molecule has 6 heavy (non-hydrogen) atoms. The van der Waals surface area contributed by atoms with Crippen molar-refractivity contribution in [2.45, 2.75) is 0 Å². The number of nitrogens with one attached hydrogen (secondary N) is 1. The van der Waals surface area contributed by atoms with Gasteiger partial charge in [0.1, 0.15) is 0 Å². The van der Waals surface area contributed by atoms with Crippen LogP contribution in [0.15, 0.2) is 4.40 Å². The van der Waals surface area contributed by atoms with E-state index in [-0.39, 0.29) is 4.63 Å². The van der Waals surface area contributed by atoms with Gasteiger partial charge in [-0.3, -0.25) is 4.84 Å². The Kier molecular flexibility index (Phi) is 0.952. The van der Waals surface area contributed by atoms with Crippen LogP contribution in [0, 0.1) is 5.21 Å². The fraction of sp³-hybridized carbons (Fsp3) is 0. The molecular formula is CH2N2O2S. The van der Waals surface area contributed by atoms with Crippen molar-refractivity contribution in [2.24, 2.45) is 4.40 Å². The molecule has 0 saturated carbocycles. The summed E-state index contributed by atoms with van der Waals surface area (Å²) in [5.74, 6) is 0. The first-order chi connectivity index (χ1) is 2.89. The molecule has 1 heterocycles. The van der Waals surface area contributed by atoms with Crippen LogP contribution in [0.3, 0.4) is 0 Å². The van der Waals surface area contributed by atoms with Gasteiger partial charge in [-0.25, -0.2) is 0 Å². The fourth-order valence-corrected chi connectivity index (χ4v) is 0.409. The van der Waals surface area contributed by atoms with Crippen molar-refractivity contribution in [3.63, 3.8) is 0 Å². The first kappa shape index (κ1) is 3.91. The van der Waals surface area contributed by atoms with Gasteiger partial charge >= 0.3 is 0 Å². The minimum absolute atomic E-state index is 0.352. The molecule has 1 atom stereocenters. The van der Waals surface area contributed by atoms with Crippen molar-refractivity contribution >= 4 is 18.5 Å². The largest absolute Gasteiger partial charge is 0.577 e. The van der Waals surface area contributed by atoms with Crippen molar-refractivity contribution in [1.29, 1.82) is 0 Å². The molecule has 1 aliphatic rings. The molecule has 1 N–H and O–H groups in total. The van der Waals surface area contributed by atoms with E-state index in [0.29, 0.717) is 0 Å². The van der Waals surface area contributed by atoms with Crippen LogP contribution in [-0.2, 0) is 4.84 Å². The minimum Gasteiger partial charge on any atom is -0.577 e. The first-order valence-corrected chi connectivity index (χ1v) is 2.06. The second-order valence-electron chi connectivity index (χ2n) is 0.670. The Morgan fingerprint density at radius 3 is 3.00 bits per heavy atom. The zero-order chi connectivity index (χ0) is 4.41. The molecule has 0 saturated heterocycles. The van der Waals surface area contributed by atoms with Crippen molar-refractivity contribution in [2.75, 3.05) is 0 Å². The Morgan fingerprint density at radius 2 is 2.83 bits per heavy atom. The summed E-state index contributed by atoms with van der Waals surface area (Å²) in [5, 5.41) is 9.86. The first-order valence-electron chi connectivity index (χ1n) is 1.29. The topological polar surface area (TPSA) is 49.1 Å². The average Bonchev–Trinajstić information content (AvgIpc) is 1.86. The summed E-state index contributed by atoms with van der Waals surface area (Å²) in [5.41, 5.74) is 0. The third-order valence-electron chi connectivity index (χ3n) is 0.319. The molecule has 0 aromatic rings. The Hall–Kier alpha value is -0.260. The van der Waals surface area contributed by atoms with Gasteiger partial charge in [-0.2, -0.15) is 0 Å². The van der Waals surface area contributed by atoms with E-state index >= 15 is 0 Å². The van der Waals surface area contributed by atoms with Crippen molar-refractivity contribution < 1.29 is 9.47 Å². The lowest BCUT2D eigenvalue weighted by molar-refractivity contribution is -0.902. The molecule has 0 aliphatic carbocycles. The summed E-state index contributed by atoms with van der Waals surface area (Å²) < 4.78 is 3.03. The van der Waals surface area contributed by atoms with Gasteiger partial charge in [-0.15, -0.1) is 4.40 Å². The summed E-state index contributed by atoms with van der Waals surface area (Å²) in [6.07, 6.45) is 1.12. The summed E-state index contributed by atoms with van der Waals surface area (Å²) in [6, 6.07) is 0. The Morgan fingerprint density at radius 1 is 2.00 bits per heavy atom. The average molecular weight is 106 g/mol. The lowest BCUT2D eigenvalue weighted by Crippen LogP contribution is -2.97. The lowest BCUT2D eigenvalue weighted by Gasteiger charge is -2.02. The van der Waals surface area contributed by atoms with Gasteiger partial charge in [0.2, 0.25) is 0 Å². The number of nitrogens with zero attached hydrogens (tertiary/aromatic N) is 1. The molecule has 34 valence electrons. The quantitative estimate of drug-likeness (QED) is 0.315. The van der Waals surface area contributed by atoms with E-state index in [1.165, 1.54) is 0 Å². The van der Waals surface area contributed by atoms with Crippen LogP contribution in [0.25, 0.3) is 0 Å². The lowest BCUT2D eigenvalue weighted by atomic mass is 11.6. The van der Waals surface area contributed by atoms with E-state index in [2.05, 4.69) is 9.24 Å². The van der Waals surface area contributed by atoms with Crippen LogP contribution in [0.1, 0.15) is 0 Å². The zero-order valence-electron chi connectivity index (χ0n) is 2.75. The van der Waals surface area contributed by atoms with Crippen molar-refractivity contribution in [3.05, 3.63) is 5.21 Å². The molecule has 0 radical (unpaired) electrons. The van der Waals surface area contributed by atoms with E-state index in [9.17, 15) is 5.21 Å². The normalized spacial score (nSPS) is 30.5. The van der Waals surface area contributed by atoms with Crippen LogP contribution in [0.4, 0.5) is 0 Å². The molecule has 1 rings (SSSR count). The van der Waals surface area contributed by atoms with Crippen molar-refractivity contribution in [3.8, 4) is 0 Å². The van der Waals surface area contributed by atoms with Gasteiger partial charge in [0.25, 0.3) is 18.5 Å². The van der Waals surface area contributed by atoms with Gasteiger partial charge in [0, 0.05) is 0 Å². The van der Waals surface area contributed by atoms with Gasteiger partial charge in [-0.05, 0) is 0 Å². The number of hydrogen-bond donors (Lipinski definition) is 1. The maximum atomic E-state index is 9.86. The van der Waals surface area contributed by atoms with E-state index in [0.717, 1.165) is 18.5 Å². The summed E-state index contributed by atoms with van der Waals surface area (Å²) in [7, 11) is 0. The van der Waals surface area contributed by atoms with Gasteiger partial charge < -0.3 is 5.21 Å². The van der Waals surface area contributed by atoms with Gasteiger partial charge in [0.05, 0.1) is 0 Å². The highest BCUT2D eigenvalue weighted by Gasteiger charge is 2.01. The molecule has 0 amide bonds. The Bertz CT molecular complexity index is 65.9. The highest BCUT2D eigenvalue weighted by atomic mass is 32.2. The summed E-state index contributed by atoms with van der Waals surface area (Å²) >= 11 is 0.806. The highest BCUT2D eigenvalue weighted by Crippen LogP contribution is 1.88. The maximum Gasteiger partial charge on any atom is 0.272 e. The summed E-state index contributed by atoms with van der Waals surface area (Å²) in [6.45, 7) is 0. The number of quaternary nitrogens is 1. The molecule has 1 unspecified atom stereocenters. The SMILES string of the molecule is [O-][NH+]1OC=NS1. The number of rotatable bonds is 0. The molecule has 0 aromatic carbocycles. The van der Waals surface area contributed by atoms with E-state index in [4.69, 9.17) is 0 Å².